The molecule has 8 heteroatoms. The number of hydrogen-bond donors (Lipinski definition) is 3. The minimum atomic E-state index is -0.324. The van der Waals surface area contributed by atoms with Gasteiger partial charge in [0.1, 0.15) is 0 Å². The van der Waals surface area contributed by atoms with E-state index < -0.39 is 0 Å². The smallest absolute Gasteiger partial charge is 0.271 e. The number of anilines is 3. The highest BCUT2D eigenvalue weighted by molar-refractivity contribution is 5.95. The van der Waals surface area contributed by atoms with Gasteiger partial charge in [0.25, 0.3) is 11.5 Å². The number of carbonyl (C=O) groups is 1. The van der Waals surface area contributed by atoms with Gasteiger partial charge in [-0.2, -0.15) is 5.10 Å². The van der Waals surface area contributed by atoms with E-state index in [-0.39, 0.29) is 11.5 Å². The first kappa shape index (κ1) is 20.8. The Morgan fingerprint density at radius 1 is 1.00 bits per heavy atom. The highest BCUT2D eigenvalue weighted by atomic mass is 16.2. The molecule has 8 nitrogen and oxygen atoms in total. The summed E-state index contributed by atoms with van der Waals surface area (Å²) in [6, 6.07) is 21.7. The molecule has 4 rings (SSSR count). The first-order valence-electron chi connectivity index (χ1n) is 9.96. The fourth-order valence-electron chi connectivity index (χ4n) is 3.08. The van der Waals surface area contributed by atoms with Crippen LogP contribution in [-0.4, -0.2) is 36.2 Å². The molecule has 4 aromatic rings. The topological polar surface area (TPSA) is 102 Å². The van der Waals surface area contributed by atoms with Crippen LogP contribution in [0.3, 0.4) is 0 Å². The monoisotopic (exact) mass is 426 g/mol. The fraction of sp³-hybridized carbons (Fsp3) is 0.0833. The van der Waals surface area contributed by atoms with E-state index in [1.54, 1.807) is 48.7 Å². The first-order chi connectivity index (χ1) is 15.5. The maximum absolute atomic E-state index is 12.3. The van der Waals surface area contributed by atoms with Crippen LogP contribution >= 0.6 is 0 Å². The SMILES string of the molecule is CN(C)c1ccc(/C=N\NC(=O)c2ccc(Nc3nc4ccccc4c(=O)[nH]3)cc2)cc1. The van der Waals surface area contributed by atoms with Crippen molar-refractivity contribution in [3.8, 4) is 0 Å². The number of nitrogens with one attached hydrogen (secondary N) is 3. The van der Waals surface area contributed by atoms with Crippen molar-refractivity contribution in [2.45, 2.75) is 0 Å². The number of aromatic amines is 1. The van der Waals surface area contributed by atoms with Gasteiger partial charge < -0.3 is 10.2 Å². The molecule has 0 unspecified atom stereocenters. The summed E-state index contributed by atoms with van der Waals surface area (Å²) >= 11 is 0. The van der Waals surface area contributed by atoms with Gasteiger partial charge in [0.2, 0.25) is 5.95 Å². The first-order valence-corrected chi connectivity index (χ1v) is 9.96. The van der Waals surface area contributed by atoms with Crippen LogP contribution in [0.15, 0.2) is 82.7 Å². The third-order valence-corrected chi connectivity index (χ3v) is 4.81. The van der Waals surface area contributed by atoms with Gasteiger partial charge >= 0.3 is 0 Å². The van der Waals surface area contributed by atoms with Gasteiger partial charge in [-0.1, -0.05) is 24.3 Å². The Kier molecular flexibility index (Phi) is 5.94. The molecule has 0 saturated carbocycles. The molecular formula is C24H22N6O2. The summed E-state index contributed by atoms with van der Waals surface area (Å²) < 4.78 is 0. The van der Waals surface area contributed by atoms with Gasteiger partial charge in [0.05, 0.1) is 17.1 Å². The Morgan fingerprint density at radius 3 is 2.44 bits per heavy atom. The molecule has 0 bridgehead atoms. The van der Waals surface area contributed by atoms with Crippen LogP contribution in [0.1, 0.15) is 15.9 Å². The number of hydrazone groups is 1. The fourth-order valence-corrected chi connectivity index (χ4v) is 3.08. The number of amides is 1. The summed E-state index contributed by atoms with van der Waals surface area (Å²) in [6.45, 7) is 0. The van der Waals surface area contributed by atoms with Crippen LogP contribution in [0.25, 0.3) is 10.9 Å². The van der Waals surface area contributed by atoms with Gasteiger partial charge in [-0.25, -0.2) is 10.4 Å². The lowest BCUT2D eigenvalue weighted by Crippen LogP contribution is -2.17. The van der Waals surface area contributed by atoms with E-state index in [4.69, 9.17) is 0 Å². The van der Waals surface area contributed by atoms with Crippen molar-refractivity contribution in [1.29, 1.82) is 0 Å². The van der Waals surface area contributed by atoms with Gasteiger partial charge in [-0.05, 0) is 54.1 Å². The lowest BCUT2D eigenvalue weighted by Gasteiger charge is -2.11. The standard InChI is InChI=1S/C24H22N6O2/c1-30(2)19-13-7-16(8-14-19)15-25-29-22(31)17-9-11-18(12-10-17)26-24-27-21-6-4-3-5-20(21)23(32)28-24/h3-15H,1-2H3,(H,29,31)(H2,26,27,28,32)/b25-15-. The van der Waals surface area contributed by atoms with Crippen molar-refractivity contribution >= 4 is 40.3 Å². The third kappa shape index (κ3) is 4.81. The average molecular weight is 426 g/mol. The molecule has 0 aliphatic heterocycles. The molecule has 0 fully saturated rings. The molecule has 0 aliphatic carbocycles. The molecule has 0 spiro atoms. The molecule has 0 saturated heterocycles. The maximum Gasteiger partial charge on any atom is 0.271 e. The van der Waals surface area contributed by atoms with Gasteiger partial charge in [0, 0.05) is 31.0 Å². The average Bonchev–Trinajstić information content (AvgIpc) is 2.80. The summed E-state index contributed by atoms with van der Waals surface area (Å²) in [4.78, 5) is 33.6. The van der Waals surface area contributed by atoms with Crippen LogP contribution in [0, 0.1) is 0 Å². The highest BCUT2D eigenvalue weighted by Crippen LogP contribution is 2.15. The Balaban J connectivity index is 1.39. The molecule has 160 valence electrons. The second-order valence-electron chi connectivity index (χ2n) is 7.32. The minimum absolute atomic E-state index is 0.219. The zero-order valence-electron chi connectivity index (χ0n) is 17.7. The Morgan fingerprint density at radius 2 is 1.72 bits per heavy atom. The zero-order valence-corrected chi connectivity index (χ0v) is 17.7. The summed E-state index contributed by atoms with van der Waals surface area (Å²) in [5.41, 5.74) is 6.01. The van der Waals surface area contributed by atoms with E-state index in [9.17, 15) is 9.59 Å². The summed E-state index contributed by atoms with van der Waals surface area (Å²) in [7, 11) is 3.95. The Labute approximate surface area is 184 Å². The number of carbonyl (C=O) groups excluding carboxylic acids is 1. The van der Waals surface area contributed by atoms with E-state index in [0.29, 0.717) is 28.1 Å². The van der Waals surface area contributed by atoms with Crippen molar-refractivity contribution < 1.29 is 4.79 Å². The van der Waals surface area contributed by atoms with Gasteiger partial charge in [-0.15, -0.1) is 0 Å². The zero-order chi connectivity index (χ0) is 22.5. The van der Waals surface area contributed by atoms with E-state index in [0.717, 1.165) is 11.3 Å². The highest BCUT2D eigenvalue weighted by Gasteiger charge is 2.06. The summed E-state index contributed by atoms with van der Waals surface area (Å²) in [5.74, 6) is 0.00531. The minimum Gasteiger partial charge on any atom is -0.378 e. The van der Waals surface area contributed by atoms with Gasteiger partial charge in [0.15, 0.2) is 0 Å². The summed E-state index contributed by atoms with van der Waals surface area (Å²) in [5, 5.41) is 7.59. The van der Waals surface area contributed by atoms with Crippen LogP contribution in [-0.2, 0) is 0 Å². The molecular weight excluding hydrogens is 404 g/mol. The van der Waals surface area contributed by atoms with Crippen LogP contribution in [0.5, 0.6) is 0 Å². The molecule has 1 aromatic heterocycles. The molecule has 0 atom stereocenters. The quantitative estimate of drug-likeness (QED) is 0.324. The van der Waals surface area contributed by atoms with E-state index in [2.05, 4.69) is 25.8 Å². The molecule has 32 heavy (non-hydrogen) atoms. The molecule has 3 N–H and O–H groups in total. The lowest BCUT2D eigenvalue weighted by molar-refractivity contribution is 0.0955. The predicted molar refractivity (Wildman–Crippen MR) is 128 cm³/mol. The van der Waals surface area contributed by atoms with E-state index >= 15 is 0 Å². The van der Waals surface area contributed by atoms with Crippen molar-refractivity contribution in [2.24, 2.45) is 5.10 Å². The van der Waals surface area contributed by atoms with Crippen LogP contribution in [0.4, 0.5) is 17.3 Å². The molecule has 0 aliphatic rings. The van der Waals surface area contributed by atoms with Crippen LogP contribution < -0.4 is 21.2 Å². The number of aromatic nitrogens is 2. The van der Waals surface area contributed by atoms with Crippen molar-refractivity contribution in [1.82, 2.24) is 15.4 Å². The number of hydrogen-bond acceptors (Lipinski definition) is 6. The largest absolute Gasteiger partial charge is 0.378 e. The predicted octanol–water partition coefficient (Wildman–Crippen LogP) is 3.50. The maximum atomic E-state index is 12.3. The molecule has 3 aromatic carbocycles. The molecule has 1 amide bonds. The second kappa shape index (κ2) is 9.13. The van der Waals surface area contributed by atoms with Crippen LogP contribution in [0.2, 0.25) is 0 Å². The Hall–Kier alpha value is -4.46. The third-order valence-electron chi connectivity index (χ3n) is 4.81. The number of para-hydroxylation sites is 1. The number of nitrogens with zero attached hydrogens (tertiary/aromatic N) is 3. The second-order valence-corrected chi connectivity index (χ2v) is 7.32. The van der Waals surface area contributed by atoms with Crippen molar-refractivity contribution in [3.63, 3.8) is 0 Å². The Bertz CT molecular complexity index is 1330. The van der Waals surface area contributed by atoms with E-state index in [1.807, 2.05) is 49.3 Å². The molecule has 1 heterocycles. The van der Waals surface area contributed by atoms with E-state index in [1.165, 1.54) is 0 Å². The number of fused-ring (bicyclic) bond motifs is 1. The normalized spacial score (nSPS) is 10.9. The van der Waals surface area contributed by atoms with Crippen molar-refractivity contribution in [3.05, 3.63) is 94.3 Å². The van der Waals surface area contributed by atoms with Gasteiger partial charge in [-0.3, -0.25) is 14.6 Å². The summed E-state index contributed by atoms with van der Waals surface area (Å²) in [6.07, 6.45) is 1.59. The number of H-pyrrole nitrogens is 1. The lowest BCUT2D eigenvalue weighted by atomic mass is 10.2. The molecule has 0 radical (unpaired) electrons. The number of benzene rings is 3. The van der Waals surface area contributed by atoms with Crippen molar-refractivity contribution in [2.75, 3.05) is 24.3 Å². The number of rotatable bonds is 6.